The number of H-pyrrole nitrogens is 1. The van der Waals surface area contributed by atoms with Gasteiger partial charge >= 0.3 is 0 Å². The van der Waals surface area contributed by atoms with Gasteiger partial charge in [-0.25, -0.2) is 4.39 Å². The van der Waals surface area contributed by atoms with Gasteiger partial charge in [0.2, 0.25) is 5.91 Å². The lowest BCUT2D eigenvalue weighted by Crippen LogP contribution is -2.42. The SMILES string of the molecule is O=C(CSc1ccccc1F)NNC(=O)c1cc(Br)c[nH]1. The summed E-state index contributed by atoms with van der Waals surface area (Å²) in [5, 5.41) is 0. The molecule has 0 fully saturated rings. The molecule has 0 aliphatic carbocycles. The molecule has 1 heterocycles. The van der Waals surface area contributed by atoms with Crippen molar-refractivity contribution >= 4 is 39.5 Å². The fraction of sp³-hybridized carbons (Fsp3) is 0.0769. The van der Waals surface area contributed by atoms with Gasteiger partial charge in [-0.3, -0.25) is 20.4 Å². The van der Waals surface area contributed by atoms with Gasteiger partial charge in [-0.1, -0.05) is 12.1 Å². The van der Waals surface area contributed by atoms with Crippen molar-refractivity contribution < 1.29 is 14.0 Å². The highest BCUT2D eigenvalue weighted by Gasteiger charge is 2.10. The summed E-state index contributed by atoms with van der Waals surface area (Å²) in [5.74, 6) is -1.28. The lowest BCUT2D eigenvalue weighted by Gasteiger charge is -2.06. The van der Waals surface area contributed by atoms with Gasteiger partial charge in [0.05, 0.1) is 5.75 Å². The van der Waals surface area contributed by atoms with Crippen LogP contribution in [0.15, 0.2) is 45.9 Å². The van der Waals surface area contributed by atoms with Crippen molar-refractivity contribution in [3.8, 4) is 0 Å². The number of carbonyl (C=O) groups is 2. The van der Waals surface area contributed by atoms with E-state index in [0.29, 0.717) is 10.6 Å². The highest BCUT2D eigenvalue weighted by atomic mass is 79.9. The highest BCUT2D eigenvalue weighted by Crippen LogP contribution is 2.20. The molecule has 0 spiro atoms. The number of aromatic nitrogens is 1. The third kappa shape index (κ3) is 4.61. The lowest BCUT2D eigenvalue weighted by molar-refractivity contribution is -0.119. The largest absolute Gasteiger partial charge is 0.356 e. The molecule has 0 aliphatic rings. The van der Waals surface area contributed by atoms with Crippen LogP contribution in [-0.4, -0.2) is 22.6 Å². The lowest BCUT2D eigenvalue weighted by atomic mass is 10.3. The number of hydrogen-bond acceptors (Lipinski definition) is 3. The van der Waals surface area contributed by atoms with Crippen LogP contribution < -0.4 is 10.9 Å². The minimum absolute atomic E-state index is 0.00433. The van der Waals surface area contributed by atoms with E-state index in [4.69, 9.17) is 0 Å². The van der Waals surface area contributed by atoms with Crippen LogP contribution in [0, 0.1) is 5.82 Å². The van der Waals surface area contributed by atoms with Crippen LogP contribution in [0.5, 0.6) is 0 Å². The van der Waals surface area contributed by atoms with Gasteiger partial charge in [0.15, 0.2) is 0 Å². The highest BCUT2D eigenvalue weighted by molar-refractivity contribution is 9.10. The number of halogens is 2. The minimum Gasteiger partial charge on any atom is -0.356 e. The van der Waals surface area contributed by atoms with Crippen molar-refractivity contribution in [2.75, 3.05) is 5.75 Å². The molecule has 0 unspecified atom stereocenters. The minimum atomic E-state index is -0.468. The second-order valence-corrected chi connectivity index (χ2v) is 5.89. The first kappa shape index (κ1) is 15.6. The third-order valence-electron chi connectivity index (χ3n) is 2.40. The van der Waals surface area contributed by atoms with E-state index in [1.54, 1.807) is 30.5 Å². The molecule has 2 amide bonds. The molecule has 0 saturated carbocycles. The molecule has 0 radical (unpaired) electrons. The number of nitrogens with one attached hydrogen (secondary N) is 3. The van der Waals surface area contributed by atoms with E-state index >= 15 is 0 Å². The van der Waals surface area contributed by atoms with Gasteiger partial charge in [-0.2, -0.15) is 0 Å². The zero-order valence-corrected chi connectivity index (χ0v) is 13.1. The number of benzene rings is 1. The molecular weight excluding hydrogens is 361 g/mol. The van der Waals surface area contributed by atoms with Gasteiger partial charge in [-0.05, 0) is 34.1 Å². The Balaban J connectivity index is 1.78. The molecule has 1 aromatic carbocycles. The smallest absolute Gasteiger partial charge is 0.286 e. The molecule has 2 rings (SSSR count). The topological polar surface area (TPSA) is 74.0 Å². The number of hydrogen-bond donors (Lipinski definition) is 3. The second kappa shape index (κ2) is 7.28. The number of amides is 2. The third-order valence-corrected chi connectivity index (χ3v) is 3.91. The molecule has 110 valence electrons. The predicted octanol–water partition coefficient (Wildman–Crippen LogP) is 2.47. The molecule has 0 atom stereocenters. The molecule has 1 aromatic heterocycles. The maximum absolute atomic E-state index is 13.3. The predicted molar refractivity (Wildman–Crippen MR) is 81.2 cm³/mol. The Hall–Kier alpha value is -1.80. The summed E-state index contributed by atoms with van der Waals surface area (Å²) in [5.41, 5.74) is 4.84. The van der Waals surface area contributed by atoms with E-state index in [1.165, 1.54) is 6.07 Å². The number of carbonyl (C=O) groups excluding carboxylic acids is 2. The summed E-state index contributed by atoms with van der Waals surface area (Å²) in [7, 11) is 0. The van der Waals surface area contributed by atoms with Crippen molar-refractivity contribution in [3.63, 3.8) is 0 Å². The van der Waals surface area contributed by atoms with Gasteiger partial charge in [0.1, 0.15) is 11.5 Å². The average molecular weight is 372 g/mol. The first-order valence-electron chi connectivity index (χ1n) is 5.86. The molecule has 0 bridgehead atoms. The maximum Gasteiger partial charge on any atom is 0.286 e. The van der Waals surface area contributed by atoms with E-state index in [1.807, 2.05) is 0 Å². The van der Waals surface area contributed by atoms with Crippen LogP contribution in [-0.2, 0) is 4.79 Å². The second-order valence-electron chi connectivity index (χ2n) is 3.95. The summed E-state index contributed by atoms with van der Waals surface area (Å²) in [6.45, 7) is 0. The number of aromatic amines is 1. The molecule has 3 N–H and O–H groups in total. The Morgan fingerprint density at radius 2 is 2.05 bits per heavy atom. The summed E-state index contributed by atoms with van der Waals surface area (Å²) < 4.78 is 14.1. The molecule has 0 saturated heterocycles. The van der Waals surface area contributed by atoms with Gasteiger partial charge in [0.25, 0.3) is 5.91 Å². The van der Waals surface area contributed by atoms with Crippen molar-refractivity contribution in [1.29, 1.82) is 0 Å². The van der Waals surface area contributed by atoms with Gasteiger partial charge < -0.3 is 4.98 Å². The Morgan fingerprint density at radius 3 is 2.71 bits per heavy atom. The molecule has 0 aliphatic heterocycles. The first-order valence-corrected chi connectivity index (χ1v) is 7.64. The summed E-state index contributed by atoms with van der Waals surface area (Å²) >= 11 is 4.25. The van der Waals surface area contributed by atoms with E-state index in [0.717, 1.165) is 16.2 Å². The van der Waals surface area contributed by atoms with E-state index in [2.05, 4.69) is 31.8 Å². The fourth-order valence-corrected chi connectivity index (χ4v) is 2.52. The van der Waals surface area contributed by atoms with Crippen molar-refractivity contribution in [2.45, 2.75) is 4.90 Å². The molecule has 8 heteroatoms. The van der Waals surface area contributed by atoms with Crippen LogP contribution in [0.4, 0.5) is 4.39 Å². The van der Waals surface area contributed by atoms with Crippen molar-refractivity contribution in [2.24, 2.45) is 0 Å². The van der Waals surface area contributed by atoms with E-state index < -0.39 is 11.8 Å². The van der Waals surface area contributed by atoms with Crippen LogP contribution >= 0.6 is 27.7 Å². The number of hydrazine groups is 1. The molecule has 21 heavy (non-hydrogen) atoms. The fourth-order valence-electron chi connectivity index (χ4n) is 1.43. The zero-order valence-electron chi connectivity index (χ0n) is 10.7. The van der Waals surface area contributed by atoms with Crippen LogP contribution in [0.25, 0.3) is 0 Å². The normalized spacial score (nSPS) is 10.2. The summed E-state index contributed by atoms with van der Waals surface area (Å²) in [4.78, 5) is 26.3. The van der Waals surface area contributed by atoms with Gasteiger partial charge in [-0.15, -0.1) is 11.8 Å². The maximum atomic E-state index is 13.3. The standard InChI is InChI=1S/C13H11BrFN3O2S/c14-8-5-10(16-6-8)13(20)18-17-12(19)7-21-11-4-2-1-3-9(11)15/h1-6,16H,7H2,(H,17,19)(H,18,20). The Morgan fingerprint density at radius 1 is 1.29 bits per heavy atom. The Labute approximate surface area is 132 Å². The quantitative estimate of drug-likeness (QED) is 0.570. The molecular formula is C13H11BrFN3O2S. The van der Waals surface area contributed by atoms with E-state index in [-0.39, 0.29) is 11.6 Å². The Kier molecular flexibility index (Phi) is 5.40. The summed E-state index contributed by atoms with van der Waals surface area (Å²) in [6.07, 6.45) is 1.60. The number of rotatable bonds is 4. The summed E-state index contributed by atoms with van der Waals surface area (Å²) in [6, 6.07) is 7.76. The number of thioether (sulfide) groups is 1. The van der Waals surface area contributed by atoms with Crippen LogP contribution in [0.3, 0.4) is 0 Å². The first-order chi connectivity index (χ1) is 10.1. The Bertz CT molecular complexity index is 662. The average Bonchev–Trinajstić information content (AvgIpc) is 2.90. The van der Waals surface area contributed by atoms with Gasteiger partial charge in [0, 0.05) is 15.6 Å². The van der Waals surface area contributed by atoms with E-state index in [9.17, 15) is 14.0 Å². The molecule has 2 aromatic rings. The zero-order chi connectivity index (χ0) is 15.2. The van der Waals surface area contributed by atoms with Crippen LogP contribution in [0.1, 0.15) is 10.5 Å². The molecule has 5 nitrogen and oxygen atoms in total. The van der Waals surface area contributed by atoms with Crippen LogP contribution in [0.2, 0.25) is 0 Å². The van der Waals surface area contributed by atoms with Crippen molar-refractivity contribution in [1.82, 2.24) is 15.8 Å². The van der Waals surface area contributed by atoms with Crippen molar-refractivity contribution in [3.05, 3.63) is 52.5 Å². The monoisotopic (exact) mass is 371 g/mol.